The van der Waals surface area contributed by atoms with Gasteiger partial charge in [0, 0.05) is 17.0 Å². The van der Waals surface area contributed by atoms with Gasteiger partial charge in [-0.3, -0.25) is 10.1 Å². The SMILES string of the molecule is CCOCCOc1ccc(C(=O)NC(=S)Nc2sc3c(c2C#N)CCCC3)cc1. The molecule has 6 nitrogen and oxygen atoms in total. The maximum atomic E-state index is 12.4. The number of hydrogen-bond donors (Lipinski definition) is 2. The van der Waals surface area contributed by atoms with E-state index in [0.29, 0.717) is 41.7 Å². The molecule has 29 heavy (non-hydrogen) atoms. The molecular formula is C21H23N3O3S2. The molecule has 0 saturated heterocycles. The van der Waals surface area contributed by atoms with Gasteiger partial charge in [0.05, 0.1) is 12.2 Å². The topological polar surface area (TPSA) is 83.4 Å². The zero-order valence-corrected chi connectivity index (χ0v) is 17.9. The molecule has 1 amide bonds. The van der Waals surface area contributed by atoms with Crippen LogP contribution in [0.25, 0.3) is 0 Å². The number of anilines is 1. The molecule has 0 unspecified atom stereocenters. The van der Waals surface area contributed by atoms with Crippen LogP contribution in [0.2, 0.25) is 0 Å². The summed E-state index contributed by atoms with van der Waals surface area (Å²) in [5.74, 6) is 0.355. The second-order valence-corrected chi connectivity index (χ2v) is 8.02. The lowest BCUT2D eigenvalue weighted by Gasteiger charge is -2.10. The molecule has 0 aliphatic heterocycles. The summed E-state index contributed by atoms with van der Waals surface area (Å²) in [6, 6.07) is 9.10. The summed E-state index contributed by atoms with van der Waals surface area (Å²) in [4.78, 5) is 13.7. The first-order chi connectivity index (χ1) is 14.1. The van der Waals surface area contributed by atoms with Crippen molar-refractivity contribution in [3.8, 4) is 11.8 Å². The van der Waals surface area contributed by atoms with Crippen molar-refractivity contribution in [3.05, 3.63) is 45.8 Å². The van der Waals surface area contributed by atoms with E-state index in [4.69, 9.17) is 21.7 Å². The summed E-state index contributed by atoms with van der Waals surface area (Å²) in [5, 5.41) is 16.1. The second kappa shape index (κ2) is 10.3. The average Bonchev–Trinajstić information content (AvgIpc) is 3.08. The molecule has 0 saturated carbocycles. The molecular weight excluding hydrogens is 406 g/mol. The summed E-state index contributed by atoms with van der Waals surface area (Å²) in [5.41, 5.74) is 2.24. The molecule has 8 heteroatoms. The highest BCUT2D eigenvalue weighted by atomic mass is 32.1. The summed E-state index contributed by atoms with van der Waals surface area (Å²) in [6.07, 6.45) is 4.16. The number of carbonyl (C=O) groups excluding carboxylic acids is 1. The van der Waals surface area contributed by atoms with E-state index in [-0.39, 0.29) is 11.0 Å². The molecule has 2 N–H and O–H groups in total. The first-order valence-corrected chi connectivity index (χ1v) is 10.8. The summed E-state index contributed by atoms with van der Waals surface area (Å²) in [6.45, 7) is 3.57. The van der Waals surface area contributed by atoms with Crippen molar-refractivity contribution in [2.45, 2.75) is 32.6 Å². The highest BCUT2D eigenvalue weighted by Crippen LogP contribution is 2.37. The van der Waals surface area contributed by atoms with Crippen LogP contribution >= 0.6 is 23.6 Å². The smallest absolute Gasteiger partial charge is 0.257 e. The normalized spacial score (nSPS) is 12.6. The summed E-state index contributed by atoms with van der Waals surface area (Å²) < 4.78 is 10.8. The molecule has 0 fully saturated rings. The van der Waals surface area contributed by atoms with E-state index in [1.54, 1.807) is 35.6 Å². The first kappa shape index (κ1) is 21.2. The van der Waals surface area contributed by atoms with Gasteiger partial charge in [0.15, 0.2) is 5.11 Å². The van der Waals surface area contributed by atoms with E-state index in [9.17, 15) is 10.1 Å². The second-order valence-electron chi connectivity index (χ2n) is 6.50. The van der Waals surface area contributed by atoms with Crippen LogP contribution in [0.1, 0.15) is 46.1 Å². The molecule has 3 rings (SSSR count). The van der Waals surface area contributed by atoms with Gasteiger partial charge in [-0.15, -0.1) is 11.3 Å². The van der Waals surface area contributed by atoms with Crippen molar-refractivity contribution in [1.82, 2.24) is 5.32 Å². The molecule has 2 aromatic rings. The lowest BCUT2D eigenvalue weighted by molar-refractivity contribution is 0.0977. The predicted octanol–water partition coefficient (Wildman–Crippen LogP) is 4.04. The van der Waals surface area contributed by atoms with E-state index in [0.717, 1.165) is 31.2 Å². The first-order valence-electron chi connectivity index (χ1n) is 9.60. The van der Waals surface area contributed by atoms with Crippen LogP contribution in [0.3, 0.4) is 0 Å². The van der Waals surface area contributed by atoms with Crippen molar-refractivity contribution in [1.29, 1.82) is 5.26 Å². The number of carbonyl (C=O) groups is 1. The van der Waals surface area contributed by atoms with Crippen LogP contribution < -0.4 is 15.4 Å². The Morgan fingerprint density at radius 3 is 2.72 bits per heavy atom. The standard InChI is InChI=1S/C21H23N3O3S2/c1-2-26-11-12-27-15-9-7-14(8-10-15)19(25)23-21(28)24-20-17(13-22)16-5-3-4-6-18(16)29-20/h7-10H,2-6,11-12H2,1H3,(H2,23,24,25,28). The fourth-order valence-electron chi connectivity index (χ4n) is 3.15. The number of hydrogen-bond acceptors (Lipinski definition) is 6. The van der Waals surface area contributed by atoms with Crippen LogP contribution in [0.4, 0.5) is 5.00 Å². The van der Waals surface area contributed by atoms with Gasteiger partial charge in [0.25, 0.3) is 5.91 Å². The number of fused-ring (bicyclic) bond motifs is 1. The largest absolute Gasteiger partial charge is 0.491 e. The number of aryl methyl sites for hydroxylation is 1. The number of rotatable bonds is 7. The van der Waals surface area contributed by atoms with Crippen LogP contribution in [0.15, 0.2) is 24.3 Å². The number of nitrogens with zero attached hydrogens (tertiary/aromatic N) is 1. The molecule has 0 spiro atoms. The third kappa shape index (κ3) is 5.54. The number of benzene rings is 1. The monoisotopic (exact) mass is 429 g/mol. The van der Waals surface area contributed by atoms with Crippen LogP contribution in [-0.2, 0) is 17.6 Å². The summed E-state index contributed by atoms with van der Waals surface area (Å²) in [7, 11) is 0. The van der Waals surface area contributed by atoms with Gasteiger partial charge < -0.3 is 14.8 Å². The molecule has 152 valence electrons. The Morgan fingerprint density at radius 2 is 2.00 bits per heavy atom. The van der Waals surface area contributed by atoms with Crippen molar-refractivity contribution in [2.24, 2.45) is 0 Å². The van der Waals surface area contributed by atoms with Crippen LogP contribution in [0, 0.1) is 11.3 Å². The van der Waals surface area contributed by atoms with Gasteiger partial charge in [-0.05, 0) is 74.7 Å². The number of ether oxygens (including phenoxy) is 2. The van der Waals surface area contributed by atoms with E-state index >= 15 is 0 Å². The number of nitrogens with one attached hydrogen (secondary N) is 2. The Bertz CT molecular complexity index is 916. The van der Waals surface area contributed by atoms with Gasteiger partial charge in [-0.2, -0.15) is 5.26 Å². The Labute approximate surface area is 179 Å². The quantitative estimate of drug-likeness (QED) is 0.511. The molecule has 1 aliphatic carbocycles. The fraction of sp³-hybridized carbons (Fsp3) is 0.381. The fourth-order valence-corrected chi connectivity index (χ4v) is 4.65. The number of thiocarbonyl (C=S) groups is 1. The van der Waals surface area contributed by atoms with Crippen molar-refractivity contribution >= 4 is 39.6 Å². The van der Waals surface area contributed by atoms with Gasteiger partial charge >= 0.3 is 0 Å². The number of thiophene rings is 1. The highest BCUT2D eigenvalue weighted by Gasteiger charge is 2.21. The van der Waals surface area contributed by atoms with Gasteiger partial charge in [0.1, 0.15) is 23.4 Å². The molecule has 1 aliphatic rings. The van der Waals surface area contributed by atoms with Crippen LogP contribution in [-0.4, -0.2) is 30.8 Å². The van der Waals surface area contributed by atoms with E-state index in [2.05, 4.69) is 16.7 Å². The molecule has 0 atom stereocenters. The summed E-state index contributed by atoms with van der Waals surface area (Å²) >= 11 is 6.84. The lowest BCUT2D eigenvalue weighted by atomic mass is 9.96. The molecule has 1 aromatic carbocycles. The Balaban J connectivity index is 1.56. The Kier molecular flexibility index (Phi) is 7.58. The predicted molar refractivity (Wildman–Crippen MR) is 118 cm³/mol. The van der Waals surface area contributed by atoms with Gasteiger partial charge in [-0.25, -0.2) is 0 Å². The third-order valence-corrected chi connectivity index (χ3v) is 5.97. The maximum Gasteiger partial charge on any atom is 0.257 e. The molecule has 0 radical (unpaired) electrons. The zero-order valence-electron chi connectivity index (χ0n) is 16.2. The Hall–Kier alpha value is -2.47. The molecule has 0 bridgehead atoms. The van der Waals surface area contributed by atoms with Crippen molar-refractivity contribution in [2.75, 3.05) is 25.1 Å². The van der Waals surface area contributed by atoms with E-state index in [1.165, 1.54) is 4.88 Å². The van der Waals surface area contributed by atoms with E-state index in [1.807, 2.05) is 6.92 Å². The minimum absolute atomic E-state index is 0.183. The number of amides is 1. The highest BCUT2D eigenvalue weighted by molar-refractivity contribution is 7.80. The lowest BCUT2D eigenvalue weighted by Crippen LogP contribution is -2.34. The third-order valence-electron chi connectivity index (χ3n) is 4.55. The minimum Gasteiger partial charge on any atom is -0.491 e. The minimum atomic E-state index is -0.316. The van der Waals surface area contributed by atoms with Crippen LogP contribution in [0.5, 0.6) is 5.75 Å². The molecule has 1 aromatic heterocycles. The Morgan fingerprint density at radius 1 is 1.24 bits per heavy atom. The van der Waals surface area contributed by atoms with Gasteiger partial charge in [0.2, 0.25) is 0 Å². The molecule has 1 heterocycles. The maximum absolute atomic E-state index is 12.4. The average molecular weight is 430 g/mol. The van der Waals surface area contributed by atoms with E-state index < -0.39 is 0 Å². The van der Waals surface area contributed by atoms with Gasteiger partial charge in [-0.1, -0.05) is 0 Å². The zero-order chi connectivity index (χ0) is 20.6. The van der Waals surface area contributed by atoms with Crippen molar-refractivity contribution < 1.29 is 14.3 Å². The number of nitriles is 1. The van der Waals surface area contributed by atoms with Crippen molar-refractivity contribution in [3.63, 3.8) is 0 Å².